The first-order chi connectivity index (χ1) is 7.42. The second kappa shape index (κ2) is 4.86. The summed E-state index contributed by atoms with van der Waals surface area (Å²) >= 11 is 4.12. The maximum atomic E-state index is 4.34. The second-order valence-electron chi connectivity index (χ2n) is 3.16. The van der Waals surface area contributed by atoms with E-state index in [1.807, 2.05) is 30.3 Å². The van der Waals surface area contributed by atoms with Gasteiger partial charge in [0.2, 0.25) is 0 Å². The molecule has 0 saturated heterocycles. The summed E-state index contributed by atoms with van der Waals surface area (Å²) in [6.45, 7) is 0. The lowest BCUT2D eigenvalue weighted by Crippen LogP contribution is -1.83. The first-order valence-corrected chi connectivity index (χ1v) is 5.48. The van der Waals surface area contributed by atoms with Gasteiger partial charge in [-0.25, -0.2) is 0 Å². The minimum absolute atomic E-state index is 0.797. The highest BCUT2D eigenvalue weighted by atomic mass is 32.1. The van der Waals surface area contributed by atoms with E-state index in [0.717, 1.165) is 28.6 Å². The summed E-state index contributed by atoms with van der Waals surface area (Å²) < 4.78 is 0. The van der Waals surface area contributed by atoms with E-state index in [1.54, 1.807) is 6.20 Å². The molecule has 0 aliphatic carbocycles. The fraction of sp³-hybridized carbons (Fsp3) is 0.154. The van der Waals surface area contributed by atoms with Crippen molar-refractivity contribution in [3.8, 4) is 11.8 Å². The van der Waals surface area contributed by atoms with E-state index in [0.29, 0.717) is 0 Å². The predicted octanol–water partition coefficient (Wildman–Crippen LogP) is 2.91. The molecule has 0 N–H and O–H groups in total. The smallest absolute Gasteiger partial charge is 0.0858 e. The van der Waals surface area contributed by atoms with Gasteiger partial charge in [0, 0.05) is 23.8 Å². The largest absolute Gasteiger partial charge is 0.255 e. The van der Waals surface area contributed by atoms with Crippen molar-refractivity contribution >= 4 is 23.5 Å². The summed E-state index contributed by atoms with van der Waals surface area (Å²) in [4.78, 5) is 4.34. The van der Waals surface area contributed by atoms with Gasteiger partial charge in [-0.3, -0.25) is 4.98 Å². The van der Waals surface area contributed by atoms with E-state index >= 15 is 0 Å². The van der Waals surface area contributed by atoms with E-state index in [-0.39, 0.29) is 0 Å². The molecule has 1 heterocycles. The van der Waals surface area contributed by atoms with Crippen LogP contribution in [-0.4, -0.2) is 10.7 Å². The zero-order valence-electron chi connectivity index (χ0n) is 8.27. The second-order valence-corrected chi connectivity index (χ2v) is 3.60. The Bertz CT molecular complexity index is 517. The lowest BCUT2D eigenvalue weighted by molar-refractivity contribution is 1.31. The Kier molecular flexibility index (Phi) is 3.26. The van der Waals surface area contributed by atoms with Crippen molar-refractivity contribution in [1.82, 2.24) is 4.98 Å². The third-order valence-electron chi connectivity index (χ3n) is 2.09. The third-order valence-corrected chi connectivity index (χ3v) is 2.32. The Morgan fingerprint density at radius 3 is 2.93 bits per heavy atom. The third kappa shape index (κ3) is 2.31. The van der Waals surface area contributed by atoms with Gasteiger partial charge >= 0.3 is 0 Å². The molecule has 1 aromatic heterocycles. The van der Waals surface area contributed by atoms with Crippen LogP contribution in [0.4, 0.5) is 0 Å². The first kappa shape index (κ1) is 10.1. The van der Waals surface area contributed by atoms with Gasteiger partial charge in [-0.05, 0) is 12.1 Å². The van der Waals surface area contributed by atoms with Gasteiger partial charge in [-0.1, -0.05) is 30.0 Å². The predicted molar refractivity (Wildman–Crippen MR) is 67.1 cm³/mol. The SMILES string of the molecule is SCCC#Cc1cccc2cccnc12. The number of thiol groups is 1. The van der Waals surface area contributed by atoms with E-state index in [1.165, 1.54) is 0 Å². The van der Waals surface area contributed by atoms with Crippen LogP contribution < -0.4 is 0 Å². The highest BCUT2D eigenvalue weighted by molar-refractivity contribution is 7.80. The Labute approximate surface area is 94.9 Å². The Balaban J connectivity index is 2.48. The van der Waals surface area contributed by atoms with E-state index in [4.69, 9.17) is 0 Å². The molecular weight excluding hydrogens is 202 g/mol. The summed E-state index contributed by atoms with van der Waals surface area (Å²) in [5.41, 5.74) is 1.97. The average Bonchev–Trinajstić information content (AvgIpc) is 2.30. The molecule has 1 aromatic carbocycles. The molecule has 0 fully saturated rings. The molecule has 2 aromatic rings. The number of fused-ring (bicyclic) bond motifs is 1. The first-order valence-electron chi connectivity index (χ1n) is 4.85. The molecule has 2 heteroatoms. The van der Waals surface area contributed by atoms with Gasteiger partial charge in [0.05, 0.1) is 11.1 Å². The molecule has 0 unspecified atom stereocenters. The zero-order valence-corrected chi connectivity index (χ0v) is 9.17. The molecule has 0 radical (unpaired) electrons. The molecule has 0 spiro atoms. The number of pyridine rings is 1. The van der Waals surface area contributed by atoms with Gasteiger partial charge in [-0.2, -0.15) is 12.6 Å². The Morgan fingerprint density at radius 1 is 1.20 bits per heavy atom. The van der Waals surface area contributed by atoms with Crippen molar-refractivity contribution in [2.45, 2.75) is 6.42 Å². The molecule has 0 bridgehead atoms. The molecule has 2 rings (SSSR count). The van der Waals surface area contributed by atoms with Crippen LogP contribution in [0.1, 0.15) is 12.0 Å². The van der Waals surface area contributed by atoms with Crippen LogP contribution in [-0.2, 0) is 0 Å². The lowest BCUT2D eigenvalue weighted by atomic mass is 10.1. The van der Waals surface area contributed by atoms with Crippen LogP contribution >= 0.6 is 12.6 Å². The van der Waals surface area contributed by atoms with Crippen LogP contribution in [0, 0.1) is 11.8 Å². The standard InChI is InChI=1S/C13H11NS/c15-10-2-1-5-11-6-3-7-12-8-4-9-14-13(11)12/h3-4,6-9,15H,2,10H2. The fourth-order valence-electron chi connectivity index (χ4n) is 1.42. The summed E-state index contributed by atoms with van der Waals surface area (Å²) in [5, 5.41) is 1.13. The highest BCUT2D eigenvalue weighted by Crippen LogP contribution is 2.14. The lowest BCUT2D eigenvalue weighted by Gasteiger charge is -1.97. The molecule has 0 amide bonds. The van der Waals surface area contributed by atoms with Gasteiger partial charge in [0.25, 0.3) is 0 Å². The molecule has 15 heavy (non-hydrogen) atoms. The minimum atomic E-state index is 0.797. The normalized spacial score (nSPS) is 9.67. The quantitative estimate of drug-likeness (QED) is 0.567. The summed E-state index contributed by atoms with van der Waals surface area (Å²) in [6.07, 6.45) is 2.61. The number of aromatic nitrogens is 1. The number of benzene rings is 1. The van der Waals surface area contributed by atoms with Crippen molar-refractivity contribution in [3.63, 3.8) is 0 Å². The van der Waals surface area contributed by atoms with Crippen molar-refractivity contribution < 1.29 is 0 Å². The number of rotatable bonds is 1. The van der Waals surface area contributed by atoms with Gasteiger partial charge in [-0.15, -0.1) is 0 Å². The summed E-state index contributed by atoms with van der Waals surface area (Å²) in [7, 11) is 0. The maximum absolute atomic E-state index is 4.34. The fourth-order valence-corrected chi connectivity index (χ4v) is 1.53. The average molecular weight is 213 g/mol. The van der Waals surface area contributed by atoms with Crippen molar-refractivity contribution in [1.29, 1.82) is 0 Å². The van der Waals surface area contributed by atoms with Crippen LogP contribution in [0.15, 0.2) is 36.5 Å². The van der Waals surface area contributed by atoms with E-state index in [2.05, 4.69) is 29.5 Å². The van der Waals surface area contributed by atoms with Crippen molar-refractivity contribution in [3.05, 3.63) is 42.1 Å². The number of hydrogen-bond acceptors (Lipinski definition) is 2. The molecule has 0 aliphatic rings. The molecular formula is C13H11NS. The van der Waals surface area contributed by atoms with Crippen LogP contribution in [0.2, 0.25) is 0 Å². The summed E-state index contributed by atoms with van der Waals surface area (Å²) in [6, 6.07) is 10.0. The van der Waals surface area contributed by atoms with Gasteiger partial charge in [0.1, 0.15) is 0 Å². The number of hydrogen-bond donors (Lipinski definition) is 1. The maximum Gasteiger partial charge on any atom is 0.0858 e. The molecule has 0 atom stereocenters. The molecule has 74 valence electrons. The van der Waals surface area contributed by atoms with E-state index in [9.17, 15) is 0 Å². The monoisotopic (exact) mass is 213 g/mol. The van der Waals surface area contributed by atoms with Crippen LogP contribution in [0.25, 0.3) is 10.9 Å². The van der Waals surface area contributed by atoms with E-state index < -0.39 is 0 Å². The Hall–Kier alpha value is -1.46. The molecule has 0 saturated carbocycles. The van der Waals surface area contributed by atoms with Crippen LogP contribution in [0.5, 0.6) is 0 Å². The summed E-state index contributed by atoms with van der Waals surface area (Å²) in [5.74, 6) is 7.00. The van der Waals surface area contributed by atoms with Crippen molar-refractivity contribution in [2.75, 3.05) is 5.75 Å². The zero-order chi connectivity index (χ0) is 10.5. The van der Waals surface area contributed by atoms with Gasteiger partial charge < -0.3 is 0 Å². The topological polar surface area (TPSA) is 12.9 Å². The van der Waals surface area contributed by atoms with Gasteiger partial charge in [0.15, 0.2) is 0 Å². The molecule has 1 nitrogen and oxygen atoms in total. The highest BCUT2D eigenvalue weighted by Gasteiger charge is 1.97. The number of nitrogens with zero attached hydrogens (tertiary/aromatic N) is 1. The van der Waals surface area contributed by atoms with Crippen molar-refractivity contribution in [2.24, 2.45) is 0 Å². The molecule has 0 aliphatic heterocycles. The minimum Gasteiger partial charge on any atom is -0.255 e. The number of para-hydroxylation sites is 1. The Morgan fingerprint density at radius 2 is 2.07 bits per heavy atom. The van der Waals surface area contributed by atoms with Crippen LogP contribution in [0.3, 0.4) is 0 Å².